The van der Waals surface area contributed by atoms with Crippen LogP contribution in [0.4, 0.5) is 0 Å². The first kappa shape index (κ1) is 17.2. The summed E-state index contributed by atoms with van der Waals surface area (Å²) in [5, 5.41) is 4.22. The Morgan fingerprint density at radius 2 is 2.08 bits per heavy atom. The normalized spacial score (nSPS) is 16.0. The molecule has 1 amide bonds. The predicted molar refractivity (Wildman–Crippen MR) is 106 cm³/mol. The van der Waals surface area contributed by atoms with Crippen LogP contribution in [0.25, 0.3) is 10.9 Å². The summed E-state index contributed by atoms with van der Waals surface area (Å²) in [6, 6.07) is 14.1. The molecule has 2 aromatic heterocycles. The smallest absolute Gasteiger partial charge is 0.267 e. The molecule has 1 saturated heterocycles. The number of aromatic amines is 1. The summed E-state index contributed by atoms with van der Waals surface area (Å²) in [6.45, 7) is 2.82. The molecule has 2 N–H and O–H groups in total. The molecule has 1 aliphatic heterocycles. The number of halogens is 1. The average molecular weight is 413 g/mol. The number of aromatic nitrogens is 2. The number of benzene rings is 1. The van der Waals surface area contributed by atoms with Crippen LogP contribution in [-0.4, -0.2) is 39.9 Å². The zero-order valence-electron chi connectivity index (χ0n) is 14.4. The number of likely N-dealkylation sites (tertiary alicyclic amines) is 1. The van der Waals surface area contributed by atoms with Crippen LogP contribution in [-0.2, 0) is 6.54 Å². The summed E-state index contributed by atoms with van der Waals surface area (Å²) in [5.74, 6) is -0.0273. The highest BCUT2D eigenvalue weighted by molar-refractivity contribution is 9.10. The lowest BCUT2D eigenvalue weighted by molar-refractivity contribution is 0.0904. The van der Waals surface area contributed by atoms with Gasteiger partial charge in [-0.1, -0.05) is 28.1 Å². The second-order valence-electron chi connectivity index (χ2n) is 6.76. The van der Waals surface area contributed by atoms with Crippen LogP contribution in [0, 0.1) is 0 Å². The van der Waals surface area contributed by atoms with E-state index in [1.165, 1.54) is 0 Å². The van der Waals surface area contributed by atoms with E-state index in [2.05, 4.69) is 42.2 Å². The number of H-pyrrole nitrogens is 1. The van der Waals surface area contributed by atoms with E-state index in [-0.39, 0.29) is 11.9 Å². The first-order valence-electron chi connectivity index (χ1n) is 8.89. The first-order valence-corrected chi connectivity index (χ1v) is 9.68. The number of carbonyl (C=O) groups excluding carboxylic acids is 1. The molecule has 3 aromatic rings. The molecule has 0 bridgehead atoms. The lowest BCUT2D eigenvalue weighted by Crippen LogP contribution is -2.44. The van der Waals surface area contributed by atoms with Gasteiger partial charge in [-0.15, -0.1) is 0 Å². The zero-order valence-corrected chi connectivity index (χ0v) is 16.0. The molecule has 1 aliphatic rings. The topological polar surface area (TPSA) is 61.0 Å². The van der Waals surface area contributed by atoms with Gasteiger partial charge in [-0.05, 0) is 43.2 Å². The Morgan fingerprint density at radius 1 is 1.23 bits per heavy atom. The highest BCUT2D eigenvalue weighted by Crippen LogP contribution is 2.21. The van der Waals surface area contributed by atoms with Gasteiger partial charge in [-0.3, -0.25) is 14.7 Å². The largest absolute Gasteiger partial charge is 0.350 e. The van der Waals surface area contributed by atoms with Gasteiger partial charge in [0, 0.05) is 47.2 Å². The van der Waals surface area contributed by atoms with Crippen LogP contribution in [0.15, 0.2) is 53.1 Å². The highest BCUT2D eigenvalue weighted by Gasteiger charge is 2.22. The Balaban J connectivity index is 1.32. The number of rotatable bonds is 4. The standard InChI is InChI=1S/C20H21BrN4O/c21-15-5-4-14-11-19(24-18(14)12-15)20(26)23-16-6-9-25(10-7-16)13-17-3-1-2-8-22-17/h1-5,8,11-12,16,24H,6-7,9-10,13H2,(H,23,26). The number of carbonyl (C=O) groups is 1. The number of nitrogens with one attached hydrogen (secondary N) is 2. The minimum Gasteiger partial charge on any atom is -0.350 e. The van der Waals surface area contributed by atoms with Crippen LogP contribution in [0.1, 0.15) is 29.0 Å². The van der Waals surface area contributed by atoms with Crippen molar-refractivity contribution in [2.45, 2.75) is 25.4 Å². The number of amides is 1. The van der Waals surface area contributed by atoms with E-state index < -0.39 is 0 Å². The fourth-order valence-corrected chi connectivity index (χ4v) is 3.80. The molecule has 1 aromatic carbocycles. The van der Waals surface area contributed by atoms with Crippen molar-refractivity contribution in [3.63, 3.8) is 0 Å². The van der Waals surface area contributed by atoms with Crippen molar-refractivity contribution < 1.29 is 4.79 Å². The van der Waals surface area contributed by atoms with Crippen LogP contribution in [0.2, 0.25) is 0 Å². The van der Waals surface area contributed by atoms with E-state index in [1.807, 2.05) is 42.6 Å². The van der Waals surface area contributed by atoms with Gasteiger partial charge in [0.15, 0.2) is 0 Å². The lowest BCUT2D eigenvalue weighted by atomic mass is 10.0. The molecule has 0 saturated carbocycles. The molecular weight excluding hydrogens is 392 g/mol. The minimum atomic E-state index is -0.0273. The molecule has 0 radical (unpaired) electrons. The number of hydrogen-bond acceptors (Lipinski definition) is 3. The van der Waals surface area contributed by atoms with Crippen molar-refractivity contribution in [2.75, 3.05) is 13.1 Å². The summed E-state index contributed by atoms with van der Waals surface area (Å²) in [7, 11) is 0. The van der Waals surface area contributed by atoms with Crippen molar-refractivity contribution in [2.24, 2.45) is 0 Å². The summed E-state index contributed by atoms with van der Waals surface area (Å²) in [5.41, 5.74) is 2.68. The van der Waals surface area contributed by atoms with Crippen LogP contribution in [0.3, 0.4) is 0 Å². The maximum atomic E-state index is 12.6. The van der Waals surface area contributed by atoms with E-state index in [9.17, 15) is 4.79 Å². The van der Waals surface area contributed by atoms with Crippen molar-refractivity contribution in [1.82, 2.24) is 20.2 Å². The van der Waals surface area contributed by atoms with Crippen LogP contribution in [0.5, 0.6) is 0 Å². The number of piperidine rings is 1. The lowest BCUT2D eigenvalue weighted by Gasteiger charge is -2.32. The highest BCUT2D eigenvalue weighted by atomic mass is 79.9. The average Bonchev–Trinajstić information content (AvgIpc) is 3.07. The fraction of sp³-hybridized carbons (Fsp3) is 0.300. The quantitative estimate of drug-likeness (QED) is 0.686. The van der Waals surface area contributed by atoms with Crippen molar-refractivity contribution >= 4 is 32.7 Å². The van der Waals surface area contributed by atoms with Gasteiger partial charge in [0.25, 0.3) is 5.91 Å². The van der Waals surface area contributed by atoms with E-state index >= 15 is 0 Å². The summed E-state index contributed by atoms with van der Waals surface area (Å²) in [4.78, 5) is 22.6. The molecule has 5 nitrogen and oxygen atoms in total. The third-order valence-corrected chi connectivity index (χ3v) is 5.36. The van der Waals surface area contributed by atoms with E-state index in [0.717, 1.165) is 53.5 Å². The molecule has 0 aliphatic carbocycles. The van der Waals surface area contributed by atoms with Gasteiger partial charge in [0.2, 0.25) is 0 Å². The van der Waals surface area contributed by atoms with Crippen molar-refractivity contribution in [3.8, 4) is 0 Å². The number of fused-ring (bicyclic) bond motifs is 1. The van der Waals surface area contributed by atoms with Gasteiger partial charge >= 0.3 is 0 Å². The summed E-state index contributed by atoms with van der Waals surface area (Å²) in [6.07, 6.45) is 3.76. The second-order valence-corrected chi connectivity index (χ2v) is 7.68. The number of hydrogen-bond donors (Lipinski definition) is 2. The number of nitrogens with zero attached hydrogens (tertiary/aromatic N) is 2. The van der Waals surface area contributed by atoms with E-state index in [1.54, 1.807) is 0 Å². The van der Waals surface area contributed by atoms with Crippen LogP contribution >= 0.6 is 15.9 Å². The second kappa shape index (κ2) is 7.60. The third-order valence-electron chi connectivity index (χ3n) is 4.86. The molecule has 6 heteroatoms. The molecule has 4 rings (SSSR count). The minimum absolute atomic E-state index is 0.0273. The predicted octanol–water partition coefficient (Wildman–Crippen LogP) is 3.72. The maximum Gasteiger partial charge on any atom is 0.267 e. The number of pyridine rings is 1. The summed E-state index contributed by atoms with van der Waals surface area (Å²) >= 11 is 3.46. The Hall–Kier alpha value is -2.18. The monoisotopic (exact) mass is 412 g/mol. The van der Waals surface area contributed by atoms with Gasteiger partial charge in [-0.25, -0.2) is 0 Å². The first-order chi connectivity index (χ1) is 12.7. The molecule has 26 heavy (non-hydrogen) atoms. The molecular formula is C20H21BrN4O. The molecule has 0 unspecified atom stereocenters. The molecule has 0 spiro atoms. The maximum absolute atomic E-state index is 12.6. The third kappa shape index (κ3) is 3.97. The van der Waals surface area contributed by atoms with E-state index in [0.29, 0.717) is 5.69 Å². The van der Waals surface area contributed by atoms with Gasteiger partial charge in [-0.2, -0.15) is 0 Å². The van der Waals surface area contributed by atoms with Gasteiger partial charge in [0.1, 0.15) is 5.69 Å². The Morgan fingerprint density at radius 3 is 2.85 bits per heavy atom. The molecule has 3 heterocycles. The molecule has 1 fully saturated rings. The zero-order chi connectivity index (χ0) is 17.9. The van der Waals surface area contributed by atoms with E-state index in [4.69, 9.17) is 0 Å². The SMILES string of the molecule is O=C(NC1CCN(Cc2ccccn2)CC1)c1cc2ccc(Br)cc2[nH]1. The Labute approximate surface area is 160 Å². The van der Waals surface area contributed by atoms with Gasteiger partial charge < -0.3 is 10.3 Å². The Bertz CT molecular complexity index is 901. The van der Waals surface area contributed by atoms with Crippen molar-refractivity contribution in [3.05, 3.63) is 64.5 Å². The summed E-state index contributed by atoms with van der Waals surface area (Å²) < 4.78 is 0.999. The van der Waals surface area contributed by atoms with Crippen LogP contribution < -0.4 is 5.32 Å². The van der Waals surface area contributed by atoms with Crippen molar-refractivity contribution in [1.29, 1.82) is 0 Å². The Kier molecular flexibility index (Phi) is 5.04. The van der Waals surface area contributed by atoms with Gasteiger partial charge in [0.05, 0.1) is 5.69 Å². The molecule has 134 valence electrons. The fourth-order valence-electron chi connectivity index (χ4n) is 3.44. The molecule has 0 atom stereocenters.